The number of carbonyl (C=O) groups excluding carboxylic acids is 1. The Balaban J connectivity index is 3.64. The van der Waals surface area contributed by atoms with Crippen LogP contribution in [0.5, 0.6) is 0 Å². The zero-order valence-electron chi connectivity index (χ0n) is 25.0. The number of rotatable bonds is 30. The Hall–Kier alpha value is -1.06. The smallest absolute Gasteiger partial charge is 0.305 e. The summed E-state index contributed by atoms with van der Waals surface area (Å²) in [4.78, 5) is 23.3. The van der Waals surface area contributed by atoms with E-state index in [4.69, 9.17) is 4.74 Å². The van der Waals surface area contributed by atoms with Gasteiger partial charge in [0.05, 0.1) is 13.0 Å². The highest BCUT2D eigenvalue weighted by atomic mass is 16.5. The van der Waals surface area contributed by atoms with Crippen LogP contribution in [0.2, 0.25) is 0 Å². The number of ether oxygens (including phenoxy) is 1. The van der Waals surface area contributed by atoms with Gasteiger partial charge in [-0.05, 0) is 12.8 Å². The molecule has 1 atom stereocenters. The van der Waals surface area contributed by atoms with E-state index in [9.17, 15) is 14.7 Å². The van der Waals surface area contributed by atoms with Crippen molar-refractivity contribution in [1.29, 1.82) is 0 Å². The van der Waals surface area contributed by atoms with Gasteiger partial charge in [-0.3, -0.25) is 9.59 Å². The van der Waals surface area contributed by atoms with Gasteiger partial charge >= 0.3 is 11.9 Å². The second-order valence-electron chi connectivity index (χ2n) is 11.5. The molecule has 0 heterocycles. The molecule has 0 fully saturated rings. The van der Waals surface area contributed by atoms with E-state index >= 15 is 0 Å². The normalized spacial score (nSPS) is 12.1. The zero-order chi connectivity index (χ0) is 27.2. The van der Waals surface area contributed by atoms with Crippen molar-refractivity contribution < 1.29 is 19.4 Å². The highest BCUT2D eigenvalue weighted by Crippen LogP contribution is 2.18. The zero-order valence-corrected chi connectivity index (χ0v) is 25.0. The number of aliphatic carboxylic acids is 1. The summed E-state index contributed by atoms with van der Waals surface area (Å²) in [7, 11) is 0. The molecular weight excluding hydrogens is 460 g/mol. The molecule has 1 N–H and O–H groups in total. The van der Waals surface area contributed by atoms with E-state index in [1.54, 1.807) is 0 Å². The molecule has 4 nitrogen and oxygen atoms in total. The molecule has 1 unspecified atom stereocenters. The van der Waals surface area contributed by atoms with Crippen LogP contribution in [0, 0.1) is 5.92 Å². The summed E-state index contributed by atoms with van der Waals surface area (Å²) >= 11 is 0. The van der Waals surface area contributed by atoms with Gasteiger partial charge in [0.1, 0.15) is 0 Å². The second kappa shape index (κ2) is 29.5. The van der Waals surface area contributed by atoms with E-state index in [0.717, 1.165) is 32.1 Å². The number of unbranched alkanes of at least 4 members (excludes halogenated alkanes) is 22. The maximum Gasteiger partial charge on any atom is 0.305 e. The number of esters is 1. The summed E-state index contributed by atoms with van der Waals surface area (Å²) in [5.74, 6) is -0.996. The Kier molecular flexibility index (Phi) is 28.7. The van der Waals surface area contributed by atoms with Crippen molar-refractivity contribution in [3.63, 3.8) is 0 Å². The third kappa shape index (κ3) is 29.4. The van der Waals surface area contributed by atoms with Gasteiger partial charge in [-0.15, -0.1) is 0 Å². The van der Waals surface area contributed by atoms with Gasteiger partial charge < -0.3 is 9.84 Å². The molecule has 0 aromatic heterocycles. The SMILES string of the molecule is CCCCCCCCCCCCCCCC(=O)OCC(CCCCCCCCCCCCC)CC(=O)O. The molecular formula is C33H64O4. The molecule has 0 aliphatic heterocycles. The van der Waals surface area contributed by atoms with Crippen LogP contribution in [0.25, 0.3) is 0 Å². The number of hydrogen-bond acceptors (Lipinski definition) is 3. The molecule has 0 spiro atoms. The molecule has 0 aliphatic rings. The van der Waals surface area contributed by atoms with Crippen LogP contribution in [0.1, 0.15) is 187 Å². The molecule has 0 rings (SSSR count). The topological polar surface area (TPSA) is 63.6 Å². The Bertz CT molecular complexity index is 491. The molecule has 0 aromatic carbocycles. The molecule has 0 aliphatic carbocycles. The van der Waals surface area contributed by atoms with E-state index < -0.39 is 5.97 Å². The first-order valence-corrected chi connectivity index (χ1v) is 16.5. The highest BCUT2D eigenvalue weighted by molar-refractivity contribution is 5.69. The van der Waals surface area contributed by atoms with Gasteiger partial charge in [-0.25, -0.2) is 0 Å². The van der Waals surface area contributed by atoms with Gasteiger partial charge in [0.15, 0.2) is 0 Å². The van der Waals surface area contributed by atoms with Crippen LogP contribution in [-0.2, 0) is 14.3 Å². The van der Waals surface area contributed by atoms with Gasteiger partial charge in [0, 0.05) is 12.3 Å². The van der Waals surface area contributed by atoms with Gasteiger partial charge in [-0.2, -0.15) is 0 Å². The minimum absolute atomic E-state index is 0.0494. The fourth-order valence-corrected chi connectivity index (χ4v) is 5.16. The first kappa shape index (κ1) is 35.9. The third-order valence-corrected chi connectivity index (χ3v) is 7.64. The number of carboxylic acids is 1. The maximum atomic E-state index is 12.1. The first-order valence-electron chi connectivity index (χ1n) is 16.5. The van der Waals surface area contributed by atoms with Crippen molar-refractivity contribution in [1.82, 2.24) is 0 Å². The Morgan fingerprint density at radius 2 is 0.892 bits per heavy atom. The summed E-state index contributed by atoms with van der Waals surface area (Å²) in [5.41, 5.74) is 0. The lowest BCUT2D eigenvalue weighted by molar-refractivity contribution is -0.147. The van der Waals surface area contributed by atoms with Gasteiger partial charge in [0.25, 0.3) is 0 Å². The third-order valence-electron chi connectivity index (χ3n) is 7.64. The van der Waals surface area contributed by atoms with E-state index in [1.807, 2.05) is 0 Å². The fraction of sp³-hybridized carbons (Fsp3) is 0.939. The number of hydrogen-bond donors (Lipinski definition) is 1. The molecule has 220 valence electrons. The second-order valence-corrected chi connectivity index (χ2v) is 11.5. The van der Waals surface area contributed by atoms with Gasteiger partial charge in [-0.1, -0.05) is 162 Å². The average Bonchev–Trinajstić information content (AvgIpc) is 2.88. The summed E-state index contributed by atoms with van der Waals surface area (Å²) in [6, 6.07) is 0. The van der Waals surface area contributed by atoms with Crippen LogP contribution < -0.4 is 0 Å². The molecule has 0 radical (unpaired) electrons. The summed E-state index contributed by atoms with van der Waals surface area (Å²) in [5, 5.41) is 9.22. The van der Waals surface area contributed by atoms with E-state index in [2.05, 4.69) is 13.8 Å². The molecule has 37 heavy (non-hydrogen) atoms. The first-order chi connectivity index (χ1) is 18.1. The van der Waals surface area contributed by atoms with Crippen LogP contribution in [0.15, 0.2) is 0 Å². The minimum Gasteiger partial charge on any atom is -0.481 e. The maximum absolute atomic E-state index is 12.1. The quantitative estimate of drug-likeness (QED) is 0.0749. The lowest BCUT2D eigenvalue weighted by Crippen LogP contribution is -2.17. The average molecular weight is 525 g/mol. The molecule has 4 heteroatoms. The largest absolute Gasteiger partial charge is 0.481 e. The van der Waals surface area contributed by atoms with E-state index in [-0.39, 0.29) is 24.9 Å². The Morgan fingerprint density at radius 3 is 1.27 bits per heavy atom. The van der Waals surface area contributed by atoms with Gasteiger partial charge in [0.2, 0.25) is 0 Å². The lowest BCUT2D eigenvalue weighted by atomic mass is 9.97. The molecule has 0 amide bonds. The highest BCUT2D eigenvalue weighted by Gasteiger charge is 2.15. The van der Waals surface area contributed by atoms with Crippen LogP contribution in [-0.4, -0.2) is 23.7 Å². The summed E-state index contributed by atoms with van der Waals surface area (Å²) in [6.07, 6.45) is 32.3. The molecule has 0 aromatic rings. The van der Waals surface area contributed by atoms with Crippen molar-refractivity contribution in [3.05, 3.63) is 0 Å². The molecule has 0 saturated heterocycles. The number of carboxylic acid groups (broad SMARTS) is 1. The van der Waals surface area contributed by atoms with Crippen LogP contribution in [0.3, 0.4) is 0 Å². The predicted molar refractivity (Wildman–Crippen MR) is 158 cm³/mol. The van der Waals surface area contributed by atoms with E-state index in [1.165, 1.54) is 128 Å². The van der Waals surface area contributed by atoms with Crippen molar-refractivity contribution in [2.45, 2.75) is 187 Å². The van der Waals surface area contributed by atoms with Crippen LogP contribution >= 0.6 is 0 Å². The van der Waals surface area contributed by atoms with Crippen LogP contribution in [0.4, 0.5) is 0 Å². The number of carbonyl (C=O) groups is 2. The molecule has 0 bridgehead atoms. The monoisotopic (exact) mass is 524 g/mol. The van der Waals surface area contributed by atoms with Crippen molar-refractivity contribution >= 4 is 11.9 Å². The van der Waals surface area contributed by atoms with Crippen molar-refractivity contribution in [2.75, 3.05) is 6.61 Å². The fourth-order valence-electron chi connectivity index (χ4n) is 5.16. The Labute approximate surface area is 231 Å². The molecule has 0 saturated carbocycles. The van der Waals surface area contributed by atoms with Crippen molar-refractivity contribution in [3.8, 4) is 0 Å². The Morgan fingerprint density at radius 1 is 0.541 bits per heavy atom. The van der Waals surface area contributed by atoms with E-state index in [0.29, 0.717) is 6.42 Å². The summed E-state index contributed by atoms with van der Waals surface area (Å²) < 4.78 is 5.46. The minimum atomic E-state index is -0.791. The predicted octanol–water partition coefficient (Wildman–Crippen LogP) is 10.8. The standard InChI is InChI=1S/C33H64O4/c1-3-5-7-9-11-13-15-16-18-20-22-24-26-28-33(36)37-30-31(29-32(34)35)27-25-23-21-19-17-14-12-10-8-6-4-2/h31H,3-30H2,1-2H3,(H,34,35). The van der Waals surface area contributed by atoms with Crippen molar-refractivity contribution in [2.24, 2.45) is 5.92 Å². The lowest BCUT2D eigenvalue weighted by Gasteiger charge is -2.15. The summed E-state index contributed by atoms with van der Waals surface area (Å²) in [6.45, 7) is 4.79.